The summed E-state index contributed by atoms with van der Waals surface area (Å²) in [5.41, 5.74) is 1.04. The number of ether oxygens (including phenoxy) is 1. The number of rotatable bonds is 8. The SMILES string of the molecule is CCNC(=NCc1ccc(-n2ccnc2C)nc1)N(C)CCOc1ccc(Cl)cc1.I. The number of likely N-dealkylation sites (N-methyl/N-ethyl adjacent to an activating group) is 1. The molecule has 3 aromatic rings. The summed E-state index contributed by atoms with van der Waals surface area (Å²) in [4.78, 5) is 15.5. The zero-order valence-electron chi connectivity index (χ0n) is 18.0. The second-order valence-corrected chi connectivity index (χ2v) is 7.20. The average molecular weight is 555 g/mol. The van der Waals surface area contributed by atoms with Crippen molar-refractivity contribution in [1.29, 1.82) is 0 Å². The smallest absolute Gasteiger partial charge is 0.194 e. The quantitative estimate of drug-likeness (QED) is 0.255. The van der Waals surface area contributed by atoms with E-state index in [9.17, 15) is 0 Å². The van der Waals surface area contributed by atoms with Gasteiger partial charge in [-0.3, -0.25) is 4.57 Å². The lowest BCUT2D eigenvalue weighted by Gasteiger charge is -2.22. The number of hydrogen-bond donors (Lipinski definition) is 1. The lowest BCUT2D eigenvalue weighted by atomic mass is 10.3. The molecule has 9 heteroatoms. The number of nitrogens with zero attached hydrogens (tertiary/aromatic N) is 5. The molecule has 0 bridgehead atoms. The van der Waals surface area contributed by atoms with Crippen LogP contribution in [-0.2, 0) is 6.54 Å². The van der Waals surface area contributed by atoms with Gasteiger partial charge in [-0.15, -0.1) is 24.0 Å². The Morgan fingerprint density at radius 3 is 2.58 bits per heavy atom. The molecule has 0 amide bonds. The molecule has 2 aromatic heterocycles. The molecule has 0 radical (unpaired) electrons. The summed E-state index contributed by atoms with van der Waals surface area (Å²) in [6.07, 6.45) is 5.52. The molecule has 7 nitrogen and oxygen atoms in total. The second-order valence-electron chi connectivity index (χ2n) is 6.76. The van der Waals surface area contributed by atoms with Crippen molar-refractivity contribution in [3.8, 4) is 11.6 Å². The summed E-state index contributed by atoms with van der Waals surface area (Å²) in [5, 5.41) is 4.02. The van der Waals surface area contributed by atoms with Gasteiger partial charge in [0.05, 0.1) is 13.1 Å². The number of halogens is 2. The molecule has 0 saturated heterocycles. The Labute approximate surface area is 205 Å². The highest BCUT2D eigenvalue weighted by atomic mass is 127. The molecule has 3 rings (SSSR count). The Hall–Kier alpha value is -2.33. The maximum atomic E-state index is 5.90. The highest BCUT2D eigenvalue weighted by Crippen LogP contribution is 2.15. The first-order valence-electron chi connectivity index (χ1n) is 9.90. The van der Waals surface area contributed by atoms with Crippen LogP contribution in [0, 0.1) is 6.92 Å². The Morgan fingerprint density at radius 2 is 1.97 bits per heavy atom. The average Bonchev–Trinajstić information content (AvgIpc) is 3.18. The number of nitrogens with one attached hydrogen (secondary N) is 1. The van der Waals surface area contributed by atoms with E-state index in [0.717, 1.165) is 35.5 Å². The van der Waals surface area contributed by atoms with Crippen LogP contribution in [0.4, 0.5) is 0 Å². The van der Waals surface area contributed by atoms with E-state index < -0.39 is 0 Å². The maximum absolute atomic E-state index is 5.90. The van der Waals surface area contributed by atoms with Gasteiger partial charge in [-0.25, -0.2) is 15.0 Å². The van der Waals surface area contributed by atoms with Crippen molar-refractivity contribution in [2.45, 2.75) is 20.4 Å². The van der Waals surface area contributed by atoms with Crippen molar-refractivity contribution < 1.29 is 4.74 Å². The van der Waals surface area contributed by atoms with Gasteiger partial charge in [0.2, 0.25) is 0 Å². The Kier molecular flexibility index (Phi) is 10.1. The predicted molar refractivity (Wildman–Crippen MR) is 136 cm³/mol. The molecule has 0 fully saturated rings. The second kappa shape index (κ2) is 12.5. The number of aromatic nitrogens is 3. The molecule has 0 aliphatic rings. The fourth-order valence-electron chi connectivity index (χ4n) is 2.85. The van der Waals surface area contributed by atoms with Gasteiger partial charge in [0.15, 0.2) is 5.96 Å². The standard InChI is InChI=1S/C22H27ClN6O.HI/c1-4-24-22(28(3)13-14-30-20-8-6-19(23)7-9-20)27-16-18-5-10-21(26-15-18)29-12-11-25-17(29)2;/h5-12,15H,4,13-14,16H2,1-3H3,(H,24,27);1H. The van der Waals surface area contributed by atoms with E-state index in [1.54, 1.807) is 6.20 Å². The molecule has 0 atom stereocenters. The molecule has 0 saturated carbocycles. The number of aryl methyl sites for hydroxylation is 1. The van der Waals surface area contributed by atoms with Crippen LogP contribution in [0.25, 0.3) is 5.82 Å². The van der Waals surface area contributed by atoms with Crippen molar-refractivity contribution in [2.24, 2.45) is 4.99 Å². The third kappa shape index (κ3) is 7.39. The van der Waals surface area contributed by atoms with E-state index in [0.29, 0.717) is 24.7 Å². The first-order chi connectivity index (χ1) is 14.6. The largest absolute Gasteiger partial charge is 0.492 e. The normalized spacial score (nSPS) is 11.0. The Balaban J connectivity index is 0.00000341. The van der Waals surface area contributed by atoms with E-state index in [4.69, 9.17) is 21.3 Å². The summed E-state index contributed by atoms with van der Waals surface area (Å²) in [6, 6.07) is 11.4. The molecule has 0 unspecified atom stereocenters. The number of aliphatic imine (C=N–C) groups is 1. The number of hydrogen-bond acceptors (Lipinski definition) is 4. The Morgan fingerprint density at radius 1 is 1.19 bits per heavy atom. The first-order valence-corrected chi connectivity index (χ1v) is 10.3. The third-order valence-electron chi connectivity index (χ3n) is 4.50. The Bertz CT molecular complexity index is 959. The topological polar surface area (TPSA) is 67.6 Å². The van der Waals surface area contributed by atoms with Crippen LogP contribution in [0.2, 0.25) is 5.02 Å². The van der Waals surface area contributed by atoms with Crippen LogP contribution in [0.5, 0.6) is 5.75 Å². The monoisotopic (exact) mass is 554 g/mol. The molecule has 0 spiro atoms. The van der Waals surface area contributed by atoms with Crippen molar-refractivity contribution in [3.05, 3.63) is 71.4 Å². The van der Waals surface area contributed by atoms with Crippen LogP contribution >= 0.6 is 35.6 Å². The molecule has 166 valence electrons. The van der Waals surface area contributed by atoms with Crippen LogP contribution in [0.3, 0.4) is 0 Å². The number of imidazole rings is 1. The summed E-state index contributed by atoms with van der Waals surface area (Å²) in [5.74, 6) is 3.38. The third-order valence-corrected chi connectivity index (χ3v) is 4.75. The summed E-state index contributed by atoms with van der Waals surface area (Å²) >= 11 is 5.90. The van der Waals surface area contributed by atoms with Crippen molar-refractivity contribution >= 4 is 41.5 Å². The van der Waals surface area contributed by atoms with Gasteiger partial charge in [-0.1, -0.05) is 17.7 Å². The van der Waals surface area contributed by atoms with Gasteiger partial charge >= 0.3 is 0 Å². The van der Waals surface area contributed by atoms with Gasteiger partial charge < -0.3 is 15.0 Å². The van der Waals surface area contributed by atoms with Crippen LogP contribution < -0.4 is 10.1 Å². The summed E-state index contributed by atoms with van der Waals surface area (Å²) in [6.45, 7) is 6.58. The lowest BCUT2D eigenvalue weighted by molar-refractivity contribution is 0.281. The van der Waals surface area contributed by atoms with Crippen LogP contribution in [-0.4, -0.2) is 52.1 Å². The highest BCUT2D eigenvalue weighted by Gasteiger charge is 2.07. The van der Waals surface area contributed by atoms with Gasteiger partial charge in [0.1, 0.15) is 24.0 Å². The summed E-state index contributed by atoms with van der Waals surface area (Å²) < 4.78 is 7.73. The fourth-order valence-corrected chi connectivity index (χ4v) is 2.97. The van der Waals surface area contributed by atoms with Gasteiger partial charge in [-0.2, -0.15) is 0 Å². The van der Waals surface area contributed by atoms with Gasteiger partial charge in [0, 0.05) is 37.2 Å². The molecule has 31 heavy (non-hydrogen) atoms. The molecule has 0 aliphatic heterocycles. The lowest BCUT2D eigenvalue weighted by Crippen LogP contribution is -2.40. The molecule has 2 heterocycles. The van der Waals surface area contributed by atoms with Crippen molar-refractivity contribution in [1.82, 2.24) is 24.8 Å². The predicted octanol–water partition coefficient (Wildman–Crippen LogP) is 4.32. The summed E-state index contributed by atoms with van der Waals surface area (Å²) in [7, 11) is 2.00. The maximum Gasteiger partial charge on any atom is 0.194 e. The minimum absolute atomic E-state index is 0. The molecular formula is C22H28ClIN6O. The first kappa shape index (κ1) is 24.9. The highest BCUT2D eigenvalue weighted by molar-refractivity contribution is 14.0. The number of benzene rings is 1. The van der Waals surface area contributed by atoms with E-state index in [1.807, 2.05) is 67.3 Å². The number of pyridine rings is 1. The van der Waals surface area contributed by atoms with E-state index in [2.05, 4.69) is 27.1 Å². The van der Waals surface area contributed by atoms with E-state index in [1.165, 1.54) is 0 Å². The zero-order valence-corrected chi connectivity index (χ0v) is 21.0. The molecule has 1 aromatic carbocycles. The minimum atomic E-state index is 0. The van der Waals surface area contributed by atoms with E-state index >= 15 is 0 Å². The van der Waals surface area contributed by atoms with Crippen LogP contribution in [0.15, 0.2) is 60.0 Å². The molecular weight excluding hydrogens is 527 g/mol. The van der Waals surface area contributed by atoms with Gasteiger partial charge in [0.25, 0.3) is 0 Å². The van der Waals surface area contributed by atoms with Crippen LogP contribution in [0.1, 0.15) is 18.3 Å². The number of guanidine groups is 1. The molecule has 0 aliphatic carbocycles. The van der Waals surface area contributed by atoms with E-state index in [-0.39, 0.29) is 24.0 Å². The van der Waals surface area contributed by atoms with Crippen molar-refractivity contribution in [3.63, 3.8) is 0 Å². The van der Waals surface area contributed by atoms with Gasteiger partial charge in [-0.05, 0) is 49.7 Å². The minimum Gasteiger partial charge on any atom is -0.492 e. The molecule has 1 N–H and O–H groups in total. The zero-order chi connectivity index (χ0) is 21.3. The van der Waals surface area contributed by atoms with Crippen molar-refractivity contribution in [2.75, 3.05) is 26.7 Å². The fraction of sp³-hybridized carbons (Fsp3) is 0.318.